The third-order valence-electron chi connectivity index (χ3n) is 6.13. The number of carbonyl (C=O) groups is 1. The van der Waals surface area contributed by atoms with Gasteiger partial charge in [0.05, 0.1) is 35.1 Å². The summed E-state index contributed by atoms with van der Waals surface area (Å²) in [5.74, 6) is 0.714. The number of rotatable bonds is 5. The number of nitrogens with zero attached hydrogens (tertiary/aromatic N) is 5. The van der Waals surface area contributed by atoms with Crippen LogP contribution in [0, 0.1) is 5.92 Å². The average molecular weight is 422 g/mol. The zero-order valence-corrected chi connectivity index (χ0v) is 17.8. The Hall–Kier alpha value is -3.20. The lowest BCUT2D eigenvalue weighted by atomic mass is 10.0. The SMILES string of the molecule is CC(Oc1nc(-c2ccc(N3CCNCC3)cn2)cc2ncn(C)c12)C1CNC(=O)C1. The van der Waals surface area contributed by atoms with Crippen LogP contribution in [0.15, 0.2) is 30.7 Å². The number of aryl methyl sites for hydroxylation is 1. The van der Waals surface area contributed by atoms with E-state index in [0.29, 0.717) is 18.8 Å². The molecule has 2 N–H and O–H groups in total. The van der Waals surface area contributed by atoms with Gasteiger partial charge in [-0.2, -0.15) is 0 Å². The van der Waals surface area contributed by atoms with Crippen molar-refractivity contribution in [2.24, 2.45) is 13.0 Å². The number of piperazine rings is 1. The van der Waals surface area contributed by atoms with Gasteiger partial charge >= 0.3 is 0 Å². The van der Waals surface area contributed by atoms with Crippen LogP contribution in [0.3, 0.4) is 0 Å². The molecule has 5 heterocycles. The van der Waals surface area contributed by atoms with Crippen LogP contribution in [-0.4, -0.2) is 64.3 Å². The molecule has 0 radical (unpaired) electrons. The number of imidazole rings is 1. The Morgan fingerprint density at radius 2 is 2.03 bits per heavy atom. The molecule has 31 heavy (non-hydrogen) atoms. The van der Waals surface area contributed by atoms with Gasteiger partial charge in [-0.1, -0.05) is 0 Å². The maximum absolute atomic E-state index is 11.6. The maximum Gasteiger partial charge on any atom is 0.241 e. The fraction of sp³-hybridized carbons (Fsp3) is 0.455. The first kappa shape index (κ1) is 19.7. The van der Waals surface area contributed by atoms with E-state index in [1.165, 1.54) is 0 Å². The number of amides is 1. The molecule has 9 nitrogen and oxygen atoms in total. The molecule has 5 rings (SSSR count). The number of anilines is 1. The molecule has 2 aliphatic heterocycles. The third-order valence-corrected chi connectivity index (χ3v) is 6.13. The summed E-state index contributed by atoms with van der Waals surface area (Å²) in [6.45, 7) is 6.55. The molecule has 0 bridgehead atoms. The smallest absolute Gasteiger partial charge is 0.241 e. The molecule has 3 aromatic rings. The number of pyridine rings is 2. The molecule has 0 saturated carbocycles. The monoisotopic (exact) mass is 421 g/mol. The van der Waals surface area contributed by atoms with E-state index in [9.17, 15) is 4.79 Å². The van der Waals surface area contributed by atoms with Gasteiger partial charge in [0, 0.05) is 52.1 Å². The van der Waals surface area contributed by atoms with E-state index in [1.54, 1.807) is 6.33 Å². The Morgan fingerprint density at radius 3 is 2.74 bits per heavy atom. The summed E-state index contributed by atoms with van der Waals surface area (Å²) in [6, 6.07) is 6.04. The molecular weight excluding hydrogens is 394 g/mol. The molecule has 2 unspecified atom stereocenters. The number of hydrogen-bond donors (Lipinski definition) is 2. The van der Waals surface area contributed by atoms with Crippen molar-refractivity contribution in [3.63, 3.8) is 0 Å². The molecule has 0 spiro atoms. The van der Waals surface area contributed by atoms with E-state index in [-0.39, 0.29) is 17.9 Å². The Morgan fingerprint density at radius 1 is 1.19 bits per heavy atom. The molecule has 2 aliphatic rings. The van der Waals surface area contributed by atoms with Crippen LogP contribution < -0.4 is 20.3 Å². The van der Waals surface area contributed by atoms with Crippen molar-refractivity contribution in [3.8, 4) is 17.3 Å². The van der Waals surface area contributed by atoms with Crippen LogP contribution in [0.2, 0.25) is 0 Å². The van der Waals surface area contributed by atoms with Crippen LogP contribution in [0.25, 0.3) is 22.4 Å². The lowest BCUT2D eigenvalue weighted by Gasteiger charge is -2.29. The summed E-state index contributed by atoms with van der Waals surface area (Å²) in [4.78, 5) is 27.9. The van der Waals surface area contributed by atoms with Crippen molar-refractivity contribution < 1.29 is 9.53 Å². The Kier molecular flexibility index (Phi) is 5.19. The fourth-order valence-electron chi connectivity index (χ4n) is 4.23. The van der Waals surface area contributed by atoms with Gasteiger partial charge in [0.15, 0.2) is 0 Å². The molecule has 0 aliphatic carbocycles. The fourth-order valence-corrected chi connectivity index (χ4v) is 4.23. The molecule has 0 aromatic carbocycles. The minimum atomic E-state index is -0.150. The van der Waals surface area contributed by atoms with Gasteiger partial charge in [-0.05, 0) is 25.1 Å². The van der Waals surface area contributed by atoms with Crippen molar-refractivity contribution in [1.82, 2.24) is 30.2 Å². The minimum Gasteiger partial charge on any atom is -0.473 e. The number of carbonyl (C=O) groups excluding carboxylic acids is 1. The quantitative estimate of drug-likeness (QED) is 0.642. The van der Waals surface area contributed by atoms with Crippen molar-refractivity contribution in [3.05, 3.63) is 30.7 Å². The molecule has 3 aromatic heterocycles. The topological polar surface area (TPSA) is 97.2 Å². The van der Waals surface area contributed by atoms with Crippen LogP contribution in [0.5, 0.6) is 5.88 Å². The van der Waals surface area contributed by atoms with Gasteiger partial charge in [0.2, 0.25) is 11.8 Å². The summed E-state index contributed by atoms with van der Waals surface area (Å²) >= 11 is 0. The van der Waals surface area contributed by atoms with Crippen molar-refractivity contribution >= 4 is 22.6 Å². The summed E-state index contributed by atoms with van der Waals surface area (Å²) in [5.41, 5.74) is 4.27. The number of fused-ring (bicyclic) bond motifs is 1. The normalized spacial score (nSPS) is 20.1. The van der Waals surface area contributed by atoms with E-state index < -0.39 is 0 Å². The zero-order valence-electron chi connectivity index (χ0n) is 17.8. The molecule has 1 amide bonds. The highest BCUT2D eigenvalue weighted by atomic mass is 16.5. The Bertz CT molecular complexity index is 1090. The molecular formula is C22H27N7O2. The van der Waals surface area contributed by atoms with Crippen molar-refractivity contribution in [1.29, 1.82) is 0 Å². The van der Waals surface area contributed by atoms with E-state index >= 15 is 0 Å². The average Bonchev–Trinajstić information content (AvgIpc) is 3.40. The first-order valence-electron chi connectivity index (χ1n) is 10.8. The predicted molar refractivity (Wildman–Crippen MR) is 118 cm³/mol. The number of ether oxygens (including phenoxy) is 1. The number of nitrogens with one attached hydrogen (secondary N) is 2. The summed E-state index contributed by atoms with van der Waals surface area (Å²) < 4.78 is 8.18. The summed E-state index contributed by atoms with van der Waals surface area (Å²) in [6.07, 6.45) is 3.99. The van der Waals surface area contributed by atoms with Crippen LogP contribution in [0.4, 0.5) is 5.69 Å². The highest BCUT2D eigenvalue weighted by Gasteiger charge is 2.29. The molecule has 2 atom stereocenters. The van der Waals surface area contributed by atoms with Crippen molar-refractivity contribution in [2.45, 2.75) is 19.4 Å². The predicted octanol–water partition coefficient (Wildman–Crippen LogP) is 1.34. The zero-order chi connectivity index (χ0) is 21.4. The largest absolute Gasteiger partial charge is 0.473 e. The lowest BCUT2D eigenvalue weighted by Crippen LogP contribution is -2.43. The lowest BCUT2D eigenvalue weighted by molar-refractivity contribution is -0.119. The van der Waals surface area contributed by atoms with Crippen LogP contribution in [0.1, 0.15) is 13.3 Å². The summed E-state index contributed by atoms with van der Waals surface area (Å²) in [7, 11) is 1.93. The van der Waals surface area contributed by atoms with Gasteiger partial charge in [-0.15, -0.1) is 0 Å². The van der Waals surface area contributed by atoms with Gasteiger partial charge < -0.3 is 24.8 Å². The van der Waals surface area contributed by atoms with Gasteiger partial charge in [0.25, 0.3) is 0 Å². The Balaban J connectivity index is 1.44. The van der Waals surface area contributed by atoms with E-state index in [0.717, 1.165) is 54.3 Å². The van der Waals surface area contributed by atoms with E-state index in [1.807, 2.05) is 36.9 Å². The van der Waals surface area contributed by atoms with Gasteiger partial charge in [0.1, 0.15) is 11.6 Å². The highest BCUT2D eigenvalue weighted by Crippen LogP contribution is 2.30. The summed E-state index contributed by atoms with van der Waals surface area (Å²) in [5, 5.41) is 6.24. The van der Waals surface area contributed by atoms with Crippen molar-refractivity contribution in [2.75, 3.05) is 37.6 Å². The first-order chi connectivity index (χ1) is 15.1. The molecule has 9 heteroatoms. The maximum atomic E-state index is 11.6. The second-order valence-corrected chi connectivity index (χ2v) is 8.27. The van der Waals surface area contributed by atoms with E-state index in [4.69, 9.17) is 9.72 Å². The second-order valence-electron chi connectivity index (χ2n) is 8.27. The Labute approximate surface area is 180 Å². The van der Waals surface area contributed by atoms with Gasteiger partial charge in [-0.25, -0.2) is 9.97 Å². The first-order valence-corrected chi connectivity index (χ1v) is 10.8. The van der Waals surface area contributed by atoms with Gasteiger partial charge in [-0.3, -0.25) is 9.78 Å². The second kappa shape index (κ2) is 8.14. The van der Waals surface area contributed by atoms with E-state index in [2.05, 4.69) is 31.6 Å². The highest BCUT2D eigenvalue weighted by molar-refractivity contribution is 5.84. The standard InChI is InChI=1S/C22H27N7O2/c1-14(15-9-20(30)25-11-15)31-22-21-19(26-13-28(21)2)10-18(27-22)17-4-3-16(12-24-17)29-7-5-23-6-8-29/h3-4,10,12-15,23H,5-9,11H2,1-2H3,(H,25,30). The third kappa shape index (κ3) is 3.93. The molecule has 162 valence electrons. The molecule has 2 fully saturated rings. The number of hydrogen-bond acceptors (Lipinski definition) is 7. The number of aromatic nitrogens is 4. The van der Waals surface area contributed by atoms with Crippen LogP contribution in [-0.2, 0) is 11.8 Å². The molecule has 2 saturated heterocycles. The van der Waals surface area contributed by atoms with Crippen LogP contribution >= 0.6 is 0 Å². The minimum absolute atomic E-state index is 0.0709.